The van der Waals surface area contributed by atoms with Gasteiger partial charge >= 0.3 is 12.1 Å². The van der Waals surface area contributed by atoms with Crippen LogP contribution in [0.4, 0.5) is 13.2 Å². The van der Waals surface area contributed by atoms with Crippen molar-refractivity contribution >= 4 is 12.2 Å². The van der Waals surface area contributed by atoms with Gasteiger partial charge in [-0.05, 0) is 45.9 Å². The number of benzene rings is 1. The molecule has 8 heteroatoms. The van der Waals surface area contributed by atoms with Crippen molar-refractivity contribution in [2.45, 2.75) is 46.1 Å². The Balaban J connectivity index is 2.31. The molecule has 5 nitrogen and oxygen atoms in total. The Hall–Kier alpha value is -2.77. The molecule has 0 radical (unpaired) electrons. The summed E-state index contributed by atoms with van der Waals surface area (Å²) in [5.41, 5.74) is -0.241. The summed E-state index contributed by atoms with van der Waals surface area (Å²) in [4.78, 5) is 15.6. The number of hydrogen-bond acceptors (Lipinski definition) is 4. The lowest BCUT2D eigenvalue weighted by molar-refractivity contribution is -0.141. The highest BCUT2D eigenvalue weighted by molar-refractivity contribution is 5.85. The molecule has 0 aliphatic carbocycles. The Labute approximate surface area is 155 Å². The zero-order valence-electron chi connectivity index (χ0n) is 15.4. The van der Waals surface area contributed by atoms with Gasteiger partial charge in [-0.25, -0.2) is 9.78 Å². The van der Waals surface area contributed by atoms with Crippen molar-refractivity contribution in [3.8, 4) is 17.0 Å². The van der Waals surface area contributed by atoms with Gasteiger partial charge in [0.25, 0.3) is 0 Å². The topological polar surface area (TPSA) is 53.4 Å². The maximum atomic E-state index is 13.2. The van der Waals surface area contributed by atoms with Crippen LogP contribution in [0.15, 0.2) is 36.8 Å². The fourth-order valence-corrected chi connectivity index (χ4v) is 2.24. The first kappa shape index (κ1) is 20.5. The molecule has 0 unspecified atom stereocenters. The van der Waals surface area contributed by atoms with Crippen molar-refractivity contribution in [1.29, 1.82) is 0 Å². The number of esters is 1. The van der Waals surface area contributed by atoms with E-state index in [2.05, 4.69) is 4.98 Å². The Morgan fingerprint density at radius 3 is 2.44 bits per heavy atom. The summed E-state index contributed by atoms with van der Waals surface area (Å²) in [5, 5.41) is 0. The average molecular weight is 382 g/mol. The summed E-state index contributed by atoms with van der Waals surface area (Å²) in [6.45, 7) is 6.92. The number of carbonyl (C=O) groups is 1. The molecule has 0 bridgehead atoms. The molecular formula is C19H21F3N2O3. The van der Waals surface area contributed by atoms with Crippen LogP contribution in [0.3, 0.4) is 0 Å². The molecule has 0 spiro atoms. The first-order chi connectivity index (χ1) is 12.5. The van der Waals surface area contributed by atoms with E-state index < -0.39 is 17.7 Å². The van der Waals surface area contributed by atoms with Crippen LogP contribution in [0.25, 0.3) is 17.5 Å². The molecule has 0 amide bonds. The van der Waals surface area contributed by atoms with Crippen molar-refractivity contribution < 1.29 is 27.4 Å². The third-order valence-corrected chi connectivity index (χ3v) is 3.24. The SMILES string of the molecule is CC(C)OC(=O)/C=C\n1cnc(-c2cc(OC(C)C)cc(C(F)(F)F)c2)c1. The van der Waals surface area contributed by atoms with Gasteiger partial charge in [0.2, 0.25) is 0 Å². The zero-order valence-corrected chi connectivity index (χ0v) is 15.4. The Morgan fingerprint density at radius 1 is 1.15 bits per heavy atom. The highest BCUT2D eigenvalue weighted by Gasteiger charge is 2.31. The number of halogens is 3. The van der Waals surface area contributed by atoms with E-state index in [4.69, 9.17) is 9.47 Å². The van der Waals surface area contributed by atoms with Crippen LogP contribution in [0, 0.1) is 0 Å². The smallest absolute Gasteiger partial charge is 0.416 e. The first-order valence-electron chi connectivity index (χ1n) is 8.36. The second kappa shape index (κ2) is 8.28. The highest BCUT2D eigenvalue weighted by Crippen LogP contribution is 2.35. The highest BCUT2D eigenvalue weighted by atomic mass is 19.4. The minimum Gasteiger partial charge on any atom is -0.491 e. The predicted molar refractivity (Wildman–Crippen MR) is 95.0 cm³/mol. The van der Waals surface area contributed by atoms with Crippen molar-refractivity contribution in [3.63, 3.8) is 0 Å². The molecule has 27 heavy (non-hydrogen) atoms. The maximum absolute atomic E-state index is 13.2. The predicted octanol–water partition coefficient (Wildman–Crippen LogP) is 4.78. The molecule has 2 rings (SSSR count). The number of carbonyl (C=O) groups excluding carboxylic acids is 1. The van der Waals surface area contributed by atoms with E-state index >= 15 is 0 Å². The molecule has 0 saturated heterocycles. The van der Waals surface area contributed by atoms with Gasteiger partial charge in [0.15, 0.2) is 0 Å². The van der Waals surface area contributed by atoms with E-state index in [1.54, 1.807) is 27.7 Å². The third kappa shape index (κ3) is 6.16. The Bertz CT molecular complexity index is 824. The van der Waals surface area contributed by atoms with E-state index in [0.717, 1.165) is 12.1 Å². The standard InChI is InChI=1S/C19H21F3N2O3/c1-12(2)26-16-8-14(7-15(9-16)19(20,21)22)17-10-24(11-23-17)6-5-18(25)27-13(3)4/h5-13H,1-4H3/b6-5-. The van der Waals surface area contributed by atoms with Crippen molar-refractivity contribution in [1.82, 2.24) is 9.55 Å². The van der Waals surface area contributed by atoms with E-state index in [0.29, 0.717) is 5.69 Å². The largest absolute Gasteiger partial charge is 0.491 e. The summed E-state index contributed by atoms with van der Waals surface area (Å²) in [6.07, 6.45) is 0.504. The van der Waals surface area contributed by atoms with Crippen LogP contribution in [-0.4, -0.2) is 27.7 Å². The molecule has 0 aliphatic heterocycles. The molecule has 0 aliphatic rings. The van der Waals surface area contributed by atoms with Crippen LogP contribution in [0.1, 0.15) is 33.3 Å². The van der Waals surface area contributed by atoms with Gasteiger partial charge in [0.05, 0.1) is 29.8 Å². The quantitative estimate of drug-likeness (QED) is 0.533. The molecule has 0 atom stereocenters. The third-order valence-electron chi connectivity index (χ3n) is 3.24. The summed E-state index contributed by atoms with van der Waals surface area (Å²) in [7, 11) is 0. The number of alkyl halides is 3. The van der Waals surface area contributed by atoms with Crippen molar-refractivity contribution in [2.75, 3.05) is 0 Å². The zero-order chi connectivity index (χ0) is 20.2. The van der Waals surface area contributed by atoms with E-state index in [1.165, 1.54) is 35.4 Å². The number of aromatic nitrogens is 2. The van der Waals surface area contributed by atoms with Crippen molar-refractivity contribution in [2.24, 2.45) is 0 Å². The van der Waals surface area contributed by atoms with Crippen LogP contribution in [0.2, 0.25) is 0 Å². The fourth-order valence-electron chi connectivity index (χ4n) is 2.24. The number of ether oxygens (including phenoxy) is 2. The van der Waals surface area contributed by atoms with Gasteiger partial charge in [-0.15, -0.1) is 0 Å². The lowest BCUT2D eigenvalue weighted by atomic mass is 10.1. The lowest BCUT2D eigenvalue weighted by Gasteiger charge is -2.14. The summed E-state index contributed by atoms with van der Waals surface area (Å²) >= 11 is 0. The molecule has 0 fully saturated rings. The number of nitrogens with zero attached hydrogens (tertiary/aromatic N) is 2. The molecule has 1 heterocycles. The van der Waals surface area contributed by atoms with E-state index in [-0.39, 0.29) is 23.5 Å². The molecule has 1 aromatic carbocycles. The van der Waals surface area contributed by atoms with Gasteiger partial charge in [-0.2, -0.15) is 13.2 Å². The van der Waals surface area contributed by atoms with Gasteiger partial charge in [-0.1, -0.05) is 0 Å². The van der Waals surface area contributed by atoms with E-state index in [9.17, 15) is 18.0 Å². The second-order valence-corrected chi connectivity index (χ2v) is 6.42. The average Bonchev–Trinajstić information content (AvgIpc) is 2.99. The fraction of sp³-hybridized carbons (Fsp3) is 0.368. The van der Waals surface area contributed by atoms with Crippen LogP contribution in [0.5, 0.6) is 5.75 Å². The minimum atomic E-state index is -4.51. The molecule has 2 aromatic rings. The molecular weight excluding hydrogens is 361 g/mol. The first-order valence-corrected chi connectivity index (χ1v) is 8.36. The van der Waals surface area contributed by atoms with Crippen LogP contribution in [-0.2, 0) is 15.7 Å². The normalized spacial score (nSPS) is 12.2. The Morgan fingerprint density at radius 2 is 1.85 bits per heavy atom. The minimum absolute atomic E-state index is 0.112. The van der Waals surface area contributed by atoms with Gasteiger partial charge < -0.3 is 14.0 Å². The summed E-state index contributed by atoms with van der Waals surface area (Å²) in [5.74, 6) is -0.410. The number of hydrogen-bond donors (Lipinski definition) is 0. The van der Waals surface area contributed by atoms with Gasteiger partial charge in [0, 0.05) is 24.0 Å². The molecule has 0 N–H and O–H groups in total. The molecule has 0 saturated carbocycles. The maximum Gasteiger partial charge on any atom is 0.416 e. The molecule has 146 valence electrons. The summed E-state index contributed by atoms with van der Waals surface area (Å²) < 4.78 is 51.4. The molecule has 1 aromatic heterocycles. The summed E-state index contributed by atoms with van der Waals surface area (Å²) in [6, 6.07) is 3.47. The monoisotopic (exact) mass is 382 g/mol. The second-order valence-electron chi connectivity index (χ2n) is 6.42. The number of imidazole rings is 1. The van der Waals surface area contributed by atoms with Crippen LogP contribution >= 0.6 is 0 Å². The lowest BCUT2D eigenvalue weighted by Crippen LogP contribution is -2.09. The van der Waals surface area contributed by atoms with E-state index in [1.807, 2.05) is 0 Å². The van der Waals surface area contributed by atoms with Gasteiger partial charge in [-0.3, -0.25) is 0 Å². The number of rotatable bonds is 6. The van der Waals surface area contributed by atoms with Crippen LogP contribution < -0.4 is 4.74 Å². The Kier molecular flexibility index (Phi) is 6.30. The van der Waals surface area contributed by atoms with Gasteiger partial charge in [0.1, 0.15) is 5.75 Å². The van der Waals surface area contributed by atoms with Crippen molar-refractivity contribution in [3.05, 3.63) is 42.4 Å².